The minimum absolute atomic E-state index is 0.0300. The lowest BCUT2D eigenvalue weighted by Gasteiger charge is -2.13. The quantitative estimate of drug-likeness (QED) is 0.867. The molecular weight excluding hydrogens is 327 g/mol. The van der Waals surface area contributed by atoms with Crippen LogP contribution in [-0.2, 0) is 13.0 Å². The summed E-state index contributed by atoms with van der Waals surface area (Å²) >= 11 is 2.31. The predicted molar refractivity (Wildman–Crippen MR) is 75.5 cm³/mol. The average Bonchev–Trinajstić information content (AvgIpc) is 2.76. The van der Waals surface area contributed by atoms with Crippen molar-refractivity contribution in [3.63, 3.8) is 0 Å². The van der Waals surface area contributed by atoms with Gasteiger partial charge in [-0.05, 0) is 41.1 Å². The zero-order valence-electron chi connectivity index (χ0n) is 9.68. The van der Waals surface area contributed by atoms with E-state index in [1.54, 1.807) is 6.33 Å². The first-order chi connectivity index (χ1) is 8.22. The molecule has 5 heteroatoms. The van der Waals surface area contributed by atoms with E-state index >= 15 is 0 Å². The summed E-state index contributed by atoms with van der Waals surface area (Å²) in [6, 6.07) is 8.14. The normalized spacial score (nSPS) is 12.6. The first kappa shape index (κ1) is 12.5. The van der Waals surface area contributed by atoms with E-state index in [1.807, 2.05) is 16.8 Å². The van der Waals surface area contributed by atoms with E-state index in [2.05, 4.69) is 51.7 Å². The largest absolute Gasteiger partial charge is 0.324 e. The highest BCUT2D eigenvalue weighted by Gasteiger charge is 2.13. The van der Waals surface area contributed by atoms with Crippen LogP contribution in [0.3, 0.4) is 0 Å². The molecular formula is C12H15IN4. The molecule has 0 aliphatic heterocycles. The molecule has 0 amide bonds. The van der Waals surface area contributed by atoms with Crippen LogP contribution < -0.4 is 5.73 Å². The second kappa shape index (κ2) is 5.59. The summed E-state index contributed by atoms with van der Waals surface area (Å²) in [5, 5.41) is 4.15. The van der Waals surface area contributed by atoms with Crippen molar-refractivity contribution >= 4 is 22.6 Å². The Hall–Kier alpha value is -0.950. The standard InChI is InChI=1S/C12H15IN4/c1-2-17-12(15-8-16-17)7-11(14)9-5-3-4-6-10(9)13/h3-6,8,11H,2,7,14H2,1H3. The molecule has 2 N–H and O–H groups in total. The van der Waals surface area contributed by atoms with Crippen LogP contribution in [0.4, 0.5) is 0 Å². The molecule has 1 unspecified atom stereocenters. The second-order valence-electron chi connectivity index (χ2n) is 3.82. The van der Waals surface area contributed by atoms with Gasteiger partial charge in [0.05, 0.1) is 0 Å². The number of aromatic nitrogens is 3. The summed E-state index contributed by atoms with van der Waals surface area (Å²) in [6.07, 6.45) is 2.30. The van der Waals surface area contributed by atoms with Gasteiger partial charge in [-0.1, -0.05) is 18.2 Å². The fraction of sp³-hybridized carbons (Fsp3) is 0.333. The molecule has 1 aromatic heterocycles. The van der Waals surface area contributed by atoms with Gasteiger partial charge in [0.1, 0.15) is 12.2 Å². The van der Waals surface area contributed by atoms with Gasteiger partial charge in [-0.3, -0.25) is 4.68 Å². The molecule has 4 nitrogen and oxygen atoms in total. The van der Waals surface area contributed by atoms with Gasteiger partial charge in [0, 0.05) is 22.6 Å². The topological polar surface area (TPSA) is 56.7 Å². The van der Waals surface area contributed by atoms with E-state index in [4.69, 9.17) is 5.73 Å². The third-order valence-electron chi connectivity index (χ3n) is 2.70. The lowest BCUT2D eigenvalue weighted by atomic mass is 10.0. The number of benzene rings is 1. The van der Waals surface area contributed by atoms with E-state index in [-0.39, 0.29) is 6.04 Å². The molecule has 0 radical (unpaired) electrons. The Bertz CT molecular complexity index is 495. The van der Waals surface area contributed by atoms with Crippen molar-refractivity contribution < 1.29 is 0 Å². The van der Waals surface area contributed by atoms with Gasteiger partial charge in [-0.2, -0.15) is 5.10 Å². The molecule has 0 aliphatic carbocycles. The van der Waals surface area contributed by atoms with Crippen molar-refractivity contribution in [2.75, 3.05) is 0 Å². The van der Waals surface area contributed by atoms with Crippen LogP contribution in [0.15, 0.2) is 30.6 Å². The highest BCUT2D eigenvalue weighted by molar-refractivity contribution is 14.1. The molecule has 2 aromatic rings. The van der Waals surface area contributed by atoms with Crippen LogP contribution >= 0.6 is 22.6 Å². The number of hydrogen-bond donors (Lipinski definition) is 1. The van der Waals surface area contributed by atoms with Crippen LogP contribution in [0, 0.1) is 3.57 Å². The third kappa shape index (κ3) is 2.84. The number of hydrogen-bond acceptors (Lipinski definition) is 3. The van der Waals surface area contributed by atoms with E-state index in [0.29, 0.717) is 6.42 Å². The SMILES string of the molecule is CCn1ncnc1CC(N)c1ccccc1I. The van der Waals surface area contributed by atoms with E-state index in [1.165, 1.54) is 9.13 Å². The monoisotopic (exact) mass is 342 g/mol. The summed E-state index contributed by atoms with van der Waals surface area (Å²) in [5.74, 6) is 0.944. The summed E-state index contributed by atoms with van der Waals surface area (Å²) < 4.78 is 3.08. The van der Waals surface area contributed by atoms with Gasteiger partial charge in [0.25, 0.3) is 0 Å². The molecule has 0 aliphatic rings. The molecule has 0 spiro atoms. The number of rotatable bonds is 4. The number of nitrogens with two attached hydrogens (primary N) is 1. The fourth-order valence-corrected chi connectivity index (χ4v) is 2.58. The molecule has 1 atom stereocenters. The van der Waals surface area contributed by atoms with Gasteiger partial charge in [0.15, 0.2) is 0 Å². The number of aryl methyl sites for hydroxylation is 1. The molecule has 0 bridgehead atoms. The van der Waals surface area contributed by atoms with Crippen LogP contribution in [-0.4, -0.2) is 14.8 Å². The summed E-state index contributed by atoms with van der Waals surface area (Å²) in [7, 11) is 0. The molecule has 1 aromatic carbocycles. The van der Waals surface area contributed by atoms with Crippen molar-refractivity contribution in [2.24, 2.45) is 5.73 Å². The molecule has 90 valence electrons. The lowest BCUT2D eigenvalue weighted by molar-refractivity contribution is 0.580. The van der Waals surface area contributed by atoms with Crippen LogP contribution in [0.25, 0.3) is 0 Å². The smallest absolute Gasteiger partial charge is 0.138 e. The Morgan fingerprint density at radius 3 is 2.88 bits per heavy atom. The van der Waals surface area contributed by atoms with Gasteiger partial charge < -0.3 is 5.73 Å². The van der Waals surface area contributed by atoms with E-state index < -0.39 is 0 Å². The summed E-state index contributed by atoms with van der Waals surface area (Å²) in [5.41, 5.74) is 7.39. The minimum atomic E-state index is -0.0300. The molecule has 0 saturated heterocycles. The zero-order valence-corrected chi connectivity index (χ0v) is 11.8. The highest BCUT2D eigenvalue weighted by atomic mass is 127. The Labute approximate surface area is 114 Å². The summed E-state index contributed by atoms with van der Waals surface area (Å²) in [6.45, 7) is 2.88. The van der Waals surface area contributed by atoms with Crippen LogP contribution in [0.2, 0.25) is 0 Å². The molecule has 0 fully saturated rings. The van der Waals surface area contributed by atoms with Crippen molar-refractivity contribution in [1.29, 1.82) is 0 Å². The van der Waals surface area contributed by atoms with Gasteiger partial charge in [-0.25, -0.2) is 4.98 Å². The van der Waals surface area contributed by atoms with Gasteiger partial charge in [-0.15, -0.1) is 0 Å². The van der Waals surface area contributed by atoms with Crippen molar-refractivity contribution in [2.45, 2.75) is 25.9 Å². The van der Waals surface area contributed by atoms with Crippen molar-refractivity contribution in [3.8, 4) is 0 Å². The predicted octanol–water partition coefficient (Wildman–Crippen LogP) is 2.15. The van der Waals surface area contributed by atoms with Crippen LogP contribution in [0.5, 0.6) is 0 Å². The Balaban J connectivity index is 2.17. The highest BCUT2D eigenvalue weighted by Crippen LogP contribution is 2.20. The maximum atomic E-state index is 6.22. The van der Waals surface area contributed by atoms with Crippen LogP contribution in [0.1, 0.15) is 24.4 Å². The fourth-order valence-electron chi connectivity index (χ4n) is 1.79. The first-order valence-electron chi connectivity index (χ1n) is 5.59. The maximum absolute atomic E-state index is 6.22. The zero-order chi connectivity index (χ0) is 12.3. The second-order valence-corrected chi connectivity index (χ2v) is 4.99. The molecule has 1 heterocycles. The number of halogens is 1. The van der Waals surface area contributed by atoms with Crippen molar-refractivity contribution in [3.05, 3.63) is 45.6 Å². The molecule has 0 saturated carbocycles. The number of nitrogens with zero attached hydrogens (tertiary/aromatic N) is 3. The van der Waals surface area contributed by atoms with Crippen molar-refractivity contribution in [1.82, 2.24) is 14.8 Å². The Morgan fingerprint density at radius 1 is 1.41 bits per heavy atom. The summed E-state index contributed by atoms with van der Waals surface area (Å²) in [4.78, 5) is 4.25. The first-order valence-corrected chi connectivity index (χ1v) is 6.67. The Morgan fingerprint density at radius 2 is 2.18 bits per heavy atom. The van der Waals surface area contributed by atoms with Gasteiger partial charge >= 0.3 is 0 Å². The molecule has 2 rings (SSSR count). The average molecular weight is 342 g/mol. The Kier molecular flexibility index (Phi) is 4.11. The molecule has 17 heavy (non-hydrogen) atoms. The van der Waals surface area contributed by atoms with E-state index in [9.17, 15) is 0 Å². The maximum Gasteiger partial charge on any atom is 0.138 e. The lowest BCUT2D eigenvalue weighted by Crippen LogP contribution is -2.17. The third-order valence-corrected chi connectivity index (χ3v) is 3.68. The minimum Gasteiger partial charge on any atom is -0.324 e. The van der Waals surface area contributed by atoms with E-state index in [0.717, 1.165) is 12.4 Å². The van der Waals surface area contributed by atoms with Gasteiger partial charge in [0.2, 0.25) is 0 Å².